The van der Waals surface area contributed by atoms with Crippen LogP contribution in [0.3, 0.4) is 0 Å². The fourth-order valence-corrected chi connectivity index (χ4v) is 4.74. The van der Waals surface area contributed by atoms with Gasteiger partial charge in [-0.3, -0.25) is 14.3 Å². The molecule has 2 N–H and O–H groups in total. The fourth-order valence-electron chi connectivity index (χ4n) is 4.37. The van der Waals surface area contributed by atoms with Crippen molar-refractivity contribution in [2.45, 2.75) is 26.1 Å². The highest BCUT2D eigenvalue weighted by atomic mass is 35.5. The first-order valence-corrected chi connectivity index (χ1v) is 11.6. The zero-order valence-corrected chi connectivity index (χ0v) is 20.6. The number of fused-ring (bicyclic) bond motifs is 2. The molecule has 0 radical (unpaired) electrons. The Bertz CT molecular complexity index is 1610. The predicted molar refractivity (Wildman–Crippen MR) is 134 cm³/mol. The van der Waals surface area contributed by atoms with Crippen molar-refractivity contribution in [3.05, 3.63) is 85.4 Å². The first-order valence-electron chi connectivity index (χ1n) is 10.9. The van der Waals surface area contributed by atoms with Gasteiger partial charge in [0.2, 0.25) is 5.95 Å². The molecule has 9 nitrogen and oxygen atoms in total. The Balaban J connectivity index is 1.60. The summed E-state index contributed by atoms with van der Waals surface area (Å²) in [6.07, 6.45) is 1.17. The maximum Gasteiger partial charge on any atom is 0.356 e. The first-order chi connectivity index (χ1) is 17.1. The molecule has 0 unspecified atom stereocenters. The van der Waals surface area contributed by atoms with Crippen molar-refractivity contribution in [3.8, 4) is 0 Å². The van der Waals surface area contributed by atoms with E-state index in [2.05, 4.69) is 15.3 Å². The molecule has 12 heteroatoms. The van der Waals surface area contributed by atoms with Gasteiger partial charge in [-0.2, -0.15) is 0 Å². The summed E-state index contributed by atoms with van der Waals surface area (Å²) in [7, 11) is 1.61. The van der Waals surface area contributed by atoms with E-state index in [-0.39, 0.29) is 22.1 Å². The molecule has 1 atom stereocenters. The second-order valence-electron chi connectivity index (χ2n) is 8.48. The van der Waals surface area contributed by atoms with Gasteiger partial charge in [0.25, 0.3) is 5.56 Å². The average Bonchev–Trinajstić information content (AvgIpc) is 3.25. The average molecular weight is 529 g/mol. The number of anilines is 2. The SMILES string of the molecule is C[C@@H](Nc1ccc(Cl)nc1C(=O)O)c1cc(Cl)cc2c(=O)n(C)c(N3Cc4cc(F)cnc4C3)nc12. The molecule has 0 spiro atoms. The number of pyridine rings is 2. The summed E-state index contributed by atoms with van der Waals surface area (Å²) in [6.45, 7) is 2.51. The van der Waals surface area contributed by atoms with E-state index in [4.69, 9.17) is 28.2 Å². The van der Waals surface area contributed by atoms with E-state index in [0.29, 0.717) is 46.2 Å². The van der Waals surface area contributed by atoms with Gasteiger partial charge in [-0.25, -0.2) is 19.2 Å². The van der Waals surface area contributed by atoms with Crippen LogP contribution in [0.25, 0.3) is 10.9 Å². The Morgan fingerprint density at radius 1 is 1.19 bits per heavy atom. The number of carboxylic acids is 1. The molecule has 1 aliphatic heterocycles. The van der Waals surface area contributed by atoms with Crippen LogP contribution in [0.1, 0.15) is 40.3 Å². The normalized spacial score (nSPS) is 13.6. The summed E-state index contributed by atoms with van der Waals surface area (Å²) in [5.41, 5.74) is 2.15. The summed E-state index contributed by atoms with van der Waals surface area (Å²) < 4.78 is 15.1. The molecule has 0 fully saturated rings. The van der Waals surface area contributed by atoms with Crippen molar-refractivity contribution in [1.82, 2.24) is 19.5 Å². The van der Waals surface area contributed by atoms with Crippen LogP contribution in [0.2, 0.25) is 10.2 Å². The number of rotatable bonds is 5. The van der Waals surface area contributed by atoms with Crippen molar-refractivity contribution in [2.75, 3.05) is 10.2 Å². The number of aromatic carboxylic acids is 1. The molecule has 5 rings (SSSR count). The van der Waals surface area contributed by atoms with Gasteiger partial charge in [-0.05, 0) is 42.8 Å². The van der Waals surface area contributed by atoms with Crippen molar-refractivity contribution >= 4 is 51.7 Å². The van der Waals surface area contributed by atoms with E-state index in [1.807, 2.05) is 4.90 Å². The van der Waals surface area contributed by atoms with Crippen LogP contribution in [-0.2, 0) is 20.1 Å². The number of nitrogens with one attached hydrogen (secondary N) is 1. The van der Waals surface area contributed by atoms with Crippen LogP contribution in [0, 0.1) is 5.82 Å². The lowest BCUT2D eigenvalue weighted by Gasteiger charge is -2.22. The molecule has 36 heavy (non-hydrogen) atoms. The Kier molecular flexibility index (Phi) is 6.01. The topological polar surface area (TPSA) is 113 Å². The van der Waals surface area contributed by atoms with Gasteiger partial charge in [-0.15, -0.1) is 0 Å². The third-order valence-corrected chi connectivity index (χ3v) is 6.49. The zero-order chi connectivity index (χ0) is 25.7. The Hall–Kier alpha value is -3.76. The van der Waals surface area contributed by atoms with Gasteiger partial charge in [0.15, 0.2) is 5.69 Å². The van der Waals surface area contributed by atoms with Gasteiger partial charge < -0.3 is 15.3 Å². The van der Waals surface area contributed by atoms with Gasteiger partial charge in [0.1, 0.15) is 11.0 Å². The van der Waals surface area contributed by atoms with Crippen LogP contribution in [0.15, 0.2) is 41.3 Å². The number of carboxylic acid groups (broad SMARTS) is 1. The molecule has 0 aliphatic carbocycles. The monoisotopic (exact) mass is 528 g/mol. The highest BCUT2D eigenvalue weighted by Gasteiger charge is 2.26. The highest BCUT2D eigenvalue weighted by Crippen LogP contribution is 2.32. The van der Waals surface area contributed by atoms with Crippen molar-refractivity contribution in [2.24, 2.45) is 7.05 Å². The molecule has 4 aromatic rings. The van der Waals surface area contributed by atoms with Gasteiger partial charge in [-0.1, -0.05) is 23.2 Å². The fraction of sp³-hybridized carbons (Fsp3) is 0.208. The standard InChI is InChI=1S/C24H19Cl2FN6O3/c1-11(29-17-3-4-19(26)30-21(17)23(35)36)15-6-13(25)7-16-20(15)31-24(32(2)22(16)34)33-9-12-5-14(27)8-28-18(12)10-33/h3-8,11,29H,9-10H2,1-2H3,(H,35,36)/t11-/m1/s1. The third-order valence-electron chi connectivity index (χ3n) is 6.06. The Morgan fingerprint density at radius 3 is 2.72 bits per heavy atom. The molecular formula is C24H19Cl2FN6O3. The number of aromatic nitrogens is 4. The summed E-state index contributed by atoms with van der Waals surface area (Å²) >= 11 is 12.2. The molecule has 184 valence electrons. The van der Waals surface area contributed by atoms with Gasteiger partial charge in [0.05, 0.1) is 41.1 Å². The molecule has 0 bridgehead atoms. The van der Waals surface area contributed by atoms with Crippen molar-refractivity contribution < 1.29 is 14.3 Å². The lowest BCUT2D eigenvalue weighted by molar-refractivity contribution is 0.0691. The van der Waals surface area contributed by atoms with Crippen LogP contribution in [0.5, 0.6) is 0 Å². The largest absolute Gasteiger partial charge is 0.476 e. The maximum absolute atomic E-state index is 13.7. The third kappa shape index (κ3) is 4.22. The van der Waals surface area contributed by atoms with Crippen LogP contribution in [-0.4, -0.2) is 30.6 Å². The van der Waals surface area contributed by atoms with Gasteiger partial charge >= 0.3 is 5.97 Å². The minimum Gasteiger partial charge on any atom is -0.476 e. The molecule has 3 aromatic heterocycles. The van der Waals surface area contributed by atoms with E-state index < -0.39 is 17.8 Å². The molecule has 0 saturated heterocycles. The number of benzene rings is 1. The molecule has 1 aromatic carbocycles. The minimum atomic E-state index is -1.24. The first kappa shape index (κ1) is 24.0. The van der Waals surface area contributed by atoms with E-state index in [1.54, 1.807) is 26.1 Å². The molecule has 0 saturated carbocycles. The minimum absolute atomic E-state index is 0.0506. The number of carbonyl (C=O) groups is 1. The molecular weight excluding hydrogens is 510 g/mol. The molecule has 0 amide bonds. The lowest BCUT2D eigenvalue weighted by atomic mass is 10.0. The number of halogens is 3. The lowest BCUT2D eigenvalue weighted by Crippen LogP contribution is -2.28. The van der Waals surface area contributed by atoms with E-state index in [1.165, 1.54) is 29.0 Å². The van der Waals surface area contributed by atoms with Crippen molar-refractivity contribution in [3.63, 3.8) is 0 Å². The summed E-state index contributed by atoms with van der Waals surface area (Å²) in [5.74, 6) is -1.28. The molecule has 1 aliphatic rings. The zero-order valence-electron chi connectivity index (χ0n) is 19.1. The van der Waals surface area contributed by atoms with E-state index >= 15 is 0 Å². The van der Waals surface area contributed by atoms with E-state index in [0.717, 1.165) is 5.56 Å². The van der Waals surface area contributed by atoms with E-state index in [9.17, 15) is 19.1 Å². The number of nitrogens with zero attached hydrogens (tertiary/aromatic N) is 5. The maximum atomic E-state index is 13.7. The van der Waals surface area contributed by atoms with Crippen LogP contribution in [0.4, 0.5) is 16.0 Å². The second-order valence-corrected chi connectivity index (χ2v) is 9.31. The number of hydrogen-bond acceptors (Lipinski definition) is 7. The smallest absolute Gasteiger partial charge is 0.356 e. The summed E-state index contributed by atoms with van der Waals surface area (Å²) in [6, 6.07) is 7.15. The quantitative estimate of drug-likeness (QED) is 0.362. The predicted octanol–water partition coefficient (Wildman–Crippen LogP) is 4.56. The van der Waals surface area contributed by atoms with Crippen LogP contribution < -0.4 is 15.8 Å². The van der Waals surface area contributed by atoms with Crippen LogP contribution >= 0.6 is 23.2 Å². The molecule has 4 heterocycles. The van der Waals surface area contributed by atoms with Gasteiger partial charge in [0, 0.05) is 24.2 Å². The Morgan fingerprint density at radius 2 is 1.97 bits per heavy atom. The summed E-state index contributed by atoms with van der Waals surface area (Å²) in [4.78, 5) is 39.7. The van der Waals surface area contributed by atoms with Crippen molar-refractivity contribution in [1.29, 1.82) is 0 Å². The highest BCUT2D eigenvalue weighted by molar-refractivity contribution is 6.31. The number of hydrogen-bond donors (Lipinski definition) is 2. The summed E-state index contributed by atoms with van der Waals surface area (Å²) in [5, 5.41) is 13.4. The Labute approximate surface area is 214 Å². The second kappa shape index (κ2) is 9.03.